The molecule has 1 N–H and O–H groups in total. The maximum absolute atomic E-state index is 13.6. The molecule has 3 heterocycles. The van der Waals surface area contributed by atoms with Crippen LogP contribution in [0.15, 0.2) is 48.8 Å². The number of hydrogen-bond donors (Lipinski definition) is 1. The first-order valence-corrected chi connectivity index (χ1v) is 10.4. The summed E-state index contributed by atoms with van der Waals surface area (Å²) in [6.45, 7) is 4.27. The van der Waals surface area contributed by atoms with Crippen LogP contribution in [0.1, 0.15) is 30.4 Å². The molecule has 146 valence electrons. The molecular formula is C23H27FN4. The van der Waals surface area contributed by atoms with Crippen molar-refractivity contribution in [1.82, 2.24) is 19.8 Å². The third-order valence-electron chi connectivity index (χ3n) is 6.36. The summed E-state index contributed by atoms with van der Waals surface area (Å²) in [5, 5.41) is 3.51. The molecule has 0 amide bonds. The lowest BCUT2D eigenvalue weighted by Gasteiger charge is -2.30. The van der Waals surface area contributed by atoms with Crippen LogP contribution in [0.25, 0.3) is 11.0 Å². The van der Waals surface area contributed by atoms with Gasteiger partial charge < -0.3 is 9.88 Å². The number of rotatable bonds is 5. The van der Waals surface area contributed by atoms with Gasteiger partial charge in [-0.1, -0.05) is 24.3 Å². The zero-order chi connectivity index (χ0) is 18.9. The molecule has 28 heavy (non-hydrogen) atoms. The molecule has 1 aromatic heterocycles. The molecule has 2 unspecified atom stereocenters. The van der Waals surface area contributed by atoms with Crippen LogP contribution >= 0.6 is 0 Å². The largest absolute Gasteiger partial charge is 0.326 e. The molecule has 4 nitrogen and oxygen atoms in total. The number of benzene rings is 2. The summed E-state index contributed by atoms with van der Waals surface area (Å²) in [5.41, 5.74) is 4.31. The van der Waals surface area contributed by atoms with Crippen molar-refractivity contribution in [1.29, 1.82) is 0 Å². The lowest BCUT2D eigenvalue weighted by atomic mass is 10.0. The zero-order valence-electron chi connectivity index (χ0n) is 16.1. The number of likely N-dealkylation sites (tertiary alicyclic amines) is 1. The SMILES string of the molecule is Fc1ccc2ncn(Cc3ccc(CC4CCCN4C4CCNC4)cc3)c2c1. The highest BCUT2D eigenvalue weighted by Crippen LogP contribution is 2.26. The number of imidazole rings is 1. The third-order valence-corrected chi connectivity index (χ3v) is 6.36. The normalized spacial score (nSPS) is 23.0. The van der Waals surface area contributed by atoms with Crippen LogP contribution in [0.4, 0.5) is 4.39 Å². The first-order valence-electron chi connectivity index (χ1n) is 10.4. The fourth-order valence-corrected chi connectivity index (χ4v) is 4.89. The summed E-state index contributed by atoms with van der Waals surface area (Å²) in [6.07, 6.45) is 6.85. The van der Waals surface area contributed by atoms with Crippen LogP contribution in [0.3, 0.4) is 0 Å². The quantitative estimate of drug-likeness (QED) is 0.737. The minimum Gasteiger partial charge on any atom is -0.326 e. The number of hydrogen-bond acceptors (Lipinski definition) is 3. The fourth-order valence-electron chi connectivity index (χ4n) is 4.89. The molecule has 0 aliphatic carbocycles. The van der Waals surface area contributed by atoms with Crippen LogP contribution in [0.5, 0.6) is 0 Å². The molecule has 2 aromatic carbocycles. The minimum absolute atomic E-state index is 0.219. The Bertz CT molecular complexity index is 943. The standard InChI is InChI=1S/C23H27FN4/c24-19-7-8-22-23(13-19)27(16-26-22)15-18-5-3-17(4-6-18)12-20-2-1-11-28(20)21-9-10-25-14-21/h3-8,13,16,20-21,25H,1-2,9-12,14-15H2. The number of halogens is 1. The van der Waals surface area contributed by atoms with E-state index >= 15 is 0 Å². The molecule has 5 rings (SSSR count). The molecule has 0 spiro atoms. The van der Waals surface area contributed by atoms with Gasteiger partial charge in [0, 0.05) is 25.2 Å². The van der Waals surface area contributed by atoms with E-state index in [9.17, 15) is 4.39 Å². The topological polar surface area (TPSA) is 33.1 Å². The van der Waals surface area contributed by atoms with Crippen molar-refractivity contribution in [2.75, 3.05) is 19.6 Å². The summed E-state index contributed by atoms with van der Waals surface area (Å²) < 4.78 is 15.6. The van der Waals surface area contributed by atoms with Gasteiger partial charge in [0.2, 0.25) is 0 Å². The Morgan fingerprint density at radius 3 is 2.75 bits per heavy atom. The third kappa shape index (κ3) is 3.56. The summed E-state index contributed by atoms with van der Waals surface area (Å²) in [4.78, 5) is 7.11. The van der Waals surface area contributed by atoms with E-state index in [0.717, 1.165) is 36.6 Å². The Morgan fingerprint density at radius 2 is 1.93 bits per heavy atom. The zero-order valence-corrected chi connectivity index (χ0v) is 16.1. The van der Waals surface area contributed by atoms with Gasteiger partial charge in [-0.05, 0) is 68.1 Å². The molecule has 0 bridgehead atoms. The van der Waals surface area contributed by atoms with Crippen molar-refractivity contribution in [3.05, 3.63) is 65.7 Å². The molecule has 2 saturated heterocycles. The highest BCUT2D eigenvalue weighted by atomic mass is 19.1. The van der Waals surface area contributed by atoms with Gasteiger partial charge in [-0.15, -0.1) is 0 Å². The van der Waals surface area contributed by atoms with E-state index in [-0.39, 0.29) is 5.82 Å². The molecule has 0 radical (unpaired) electrons. The van der Waals surface area contributed by atoms with Crippen molar-refractivity contribution in [3.63, 3.8) is 0 Å². The van der Waals surface area contributed by atoms with Gasteiger partial charge in [0.05, 0.1) is 17.4 Å². The van der Waals surface area contributed by atoms with Gasteiger partial charge in [-0.2, -0.15) is 0 Å². The number of aromatic nitrogens is 2. The summed E-state index contributed by atoms with van der Waals surface area (Å²) in [7, 11) is 0. The van der Waals surface area contributed by atoms with E-state index in [4.69, 9.17) is 0 Å². The number of fused-ring (bicyclic) bond motifs is 1. The fraction of sp³-hybridized carbons (Fsp3) is 0.435. The highest BCUT2D eigenvalue weighted by Gasteiger charge is 2.32. The van der Waals surface area contributed by atoms with Crippen LogP contribution < -0.4 is 5.32 Å². The monoisotopic (exact) mass is 378 g/mol. The maximum Gasteiger partial charge on any atom is 0.125 e. The van der Waals surface area contributed by atoms with Crippen molar-refractivity contribution < 1.29 is 4.39 Å². The van der Waals surface area contributed by atoms with Crippen LogP contribution in [-0.2, 0) is 13.0 Å². The first kappa shape index (κ1) is 17.8. The molecular weight excluding hydrogens is 351 g/mol. The van der Waals surface area contributed by atoms with Crippen LogP contribution in [0, 0.1) is 5.82 Å². The predicted molar refractivity (Wildman–Crippen MR) is 110 cm³/mol. The van der Waals surface area contributed by atoms with E-state index in [1.165, 1.54) is 43.0 Å². The Balaban J connectivity index is 1.27. The second-order valence-corrected chi connectivity index (χ2v) is 8.21. The molecule has 5 heteroatoms. The van der Waals surface area contributed by atoms with Crippen LogP contribution in [-0.4, -0.2) is 46.2 Å². The minimum atomic E-state index is -0.219. The second kappa shape index (κ2) is 7.64. The van der Waals surface area contributed by atoms with Crippen molar-refractivity contribution in [2.45, 2.75) is 44.3 Å². The van der Waals surface area contributed by atoms with Crippen LogP contribution in [0.2, 0.25) is 0 Å². The van der Waals surface area contributed by atoms with Crippen molar-refractivity contribution in [2.24, 2.45) is 0 Å². The maximum atomic E-state index is 13.6. The van der Waals surface area contributed by atoms with Gasteiger partial charge in [0.1, 0.15) is 5.82 Å². The summed E-state index contributed by atoms with van der Waals surface area (Å²) in [6, 6.07) is 15.1. The highest BCUT2D eigenvalue weighted by molar-refractivity contribution is 5.75. The van der Waals surface area contributed by atoms with Gasteiger partial charge in [-0.3, -0.25) is 4.90 Å². The molecule has 2 aliphatic heterocycles. The summed E-state index contributed by atoms with van der Waals surface area (Å²) in [5.74, 6) is -0.219. The number of nitrogens with zero attached hydrogens (tertiary/aromatic N) is 3. The van der Waals surface area contributed by atoms with Gasteiger partial charge in [-0.25, -0.2) is 9.37 Å². The number of nitrogens with one attached hydrogen (secondary N) is 1. The van der Waals surface area contributed by atoms with Crippen molar-refractivity contribution in [3.8, 4) is 0 Å². The molecule has 3 aromatic rings. The van der Waals surface area contributed by atoms with E-state index in [2.05, 4.69) is 39.5 Å². The average Bonchev–Trinajstić information content (AvgIpc) is 3.45. The lowest BCUT2D eigenvalue weighted by molar-refractivity contribution is 0.190. The Kier molecular flexibility index (Phi) is 4.87. The second-order valence-electron chi connectivity index (χ2n) is 8.21. The van der Waals surface area contributed by atoms with E-state index in [1.807, 2.05) is 4.57 Å². The van der Waals surface area contributed by atoms with Gasteiger partial charge >= 0.3 is 0 Å². The molecule has 2 atom stereocenters. The lowest BCUT2D eigenvalue weighted by Crippen LogP contribution is -2.41. The Hall–Kier alpha value is -2.24. The van der Waals surface area contributed by atoms with Gasteiger partial charge in [0.15, 0.2) is 0 Å². The van der Waals surface area contributed by atoms with E-state index < -0.39 is 0 Å². The smallest absolute Gasteiger partial charge is 0.125 e. The van der Waals surface area contributed by atoms with Gasteiger partial charge in [0.25, 0.3) is 0 Å². The molecule has 2 aliphatic rings. The Labute approximate surface area is 165 Å². The van der Waals surface area contributed by atoms with E-state index in [0.29, 0.717) is 12.6 Å². The Morgan fingerprint density at radius 1 is 1.07 bits per heavy atom. The molecule has 2 fully saturated rings. The molecule has 0 saturated carbocycles. The van der Waals surface area contributed by atoms with Crippen molar-refractivity contribution >= 4 is 11.0 Å². The van der Waals surface area contributed by atoms with E-state index in [1.54, 1.807) is 18.5 Å². The summed E-state index contributed by atoms with van der Waals surface area (Å²) >= 11 is 0. The predicted octanol–water partition coefficient (Wildman–Crippen LogP) is 3.59. The average molecular weight is 378 g/mol. The first-order chi connectivity index (χ1) is 13.8.